The standard InChI is InChI=1S/C12H11N5O3/c1-7-3-2-4-14-11(7)16-12(18)8-5-10(13)15-6-9(8)17(19)20/h2-6H,1H3,(H2,13,15)(H,14,16,18). The van der Waals surface area contributed by atoms with Crippen molar-refractivity contribution in [3.63, 3.8) is 0 Å². The number of pyridine rings is 2. The van der Waals surface area contributed by atoms with Gasteiger partial charge in [-0.05, 0) is 24.6 Å². The number of amides is 1. The van der Waals surface area contributed by atoms with E-state index >= 15 is 0 Å². The number of nitrogens with zero attached hydrogens (tertiary/aromatic N) is 3. The Labute approximate surface area is 113 Å². The van der Waals surface area contributed by atoms with E-state index < -0.39 is 16.5 Å². The number of rotatable bonds is 3. The van der Waals surface area contributed by atoms with Gasteiger partial charge in [-0.1, -0.05) is 6.07 Å². The molecule has 2 heterocycles. The highest BCUT2D eigenvalue weighted by atomic mass is 16.6. The highest BCUT2D eigenvalue weighted by Gasteiger charge is 2.21. The predicted molar refractivity (Wildman–Crippen MR) is 72.2 cm³/mol. The van der Waals surface area contributed by atoms with E-state index in [2.05, 4.69) is 15.3 Å². The molecule has 0 aromatic carbocycles. The zero-order chi connectivity index (χ0) is 14.7. The first-order chi connectivity index (χ1) is 9.49. The summed E-state index contributed by atoms with van der Waals surface area (Å²) in [6.45, 7) is 1.76. The lowest BCUT2D eigenvalue weighted by molar-refractivity contribution is -0.385. The Kier molecular flexibility index (Phi) is 3.56. The van der Waals surface area contributed by atoms with E-state index in [0.717, 1.165) is 17.8 Å². The zero-order valence-corrected chi connectivity index (χ0v) is 10.5. The Hall–Kier alpha value is -3.03. The summed E-state index contributed by atoms with van der Waals surface area (Å²) in [6.07, 6.45) is 2.47. The van der Waals surface area contributed by atoms with E-state index in [9.17, 15) is 14.9 Å². The van der Waals surface area contributed by atoms with Crippen LogP contribution in [0, 0.1) is 17.0 Å². The smallest absolute Gasteiger partial charge is 0.300 e. The van der Waals surface area contributed by atoms with Crippen molar-refractivity contribution in [1.82, 2.24) is 9.97 Å². The van der Waals surface area contributed by atoms with Crippen molar-refractivity contribution in [2.45, 2.75) is 6.92 Å². The number of nitrogens with one attached hydrogen (secondary N) is 1. The summed E-state index contributed by atoms with van der Waals surface area (Å²) in [6, 6.07) is 4.64. The highest BCUT2D eigenvalue weighted by molar-refractivity contribution is 6.07. The molecule has 8 nitrogen and oxygen atoms in total. The first-order valence-electron chi connectivity index (χ1n) is 5.62. The minimum absolute atomic E-state index is 0.0264. The zero-order valence-electron chi connectivity index (χ0n) is 10.5. The minimum Gasteiger partial charge on any atom is -0.384 e. The van der Waals surface area contributed by atoms with Crippen molar-refractivity contribution < 1.29 is 9.72 Å². The number of aryl methyl sites for hydroxylation is 1. The number of nitro groups is 1. The highest BCUT2D eigenvalue weighted by Crippen LogP contribution is 2.20. The number of nitrogens with two attached hydrogens (primary N) is 1. The predicted octanol–water partition coefficient (Wildman–Crippen LogP) is 1.53. The fourth-order valence-corrected chi connectivity index (χ4v) is 1.58. The van der Waals surface area contributed by atoms with E-state index in [0.29, 0.717) is 5.82 Å². The lowest BCUT2D eigenvalue weighted by Crippen LogP contribution is -2.16. The first kappa shape index (κ1) is 13.4. The van der Waals surface area contributed by atoms with Crippen LogP contribution in [0.15, 0.2) is 30.6 Å². The molecule has 0 radical (unpaired) electrons. The van der Waals surface area contributed by atoms with Gasteiger partial charge in [0.25, 0.3) is 11.6 Å². The Bertz CT molecular complexity index is 687. The number of aromatic nitrogens is 2. The number of carbonyl (C=O) groups is 1. The summed E-state index contributed by atoms with van der Waals surface area (Å²) < 4.78 is 0. The molecule has 1 amide bonds. The largest absolute Gasteiger partial charge is 0.384 e. The summed E-state index contributed by atoms with van der Waals surface area (Å²) >= 11 is 0. The quantitative estimate of drug-likeness (QED) is 0.645. The van der Waals surface area contributed by atoms with Gasteiger partial charge in [-0.3, -0.25) is 14.9 Å². The SMILES string of the molecule is Cc1cccnc1NC(=O)c1cc(N)ncc1[N+](=O)[O-]. The van der Waals surface area contributed by atoms with E-state index in [1.165, 1.54) is 6.20 Å². The van der Waals surface area contributed by atoms with Crippen molar-refractivity contribution in [3.8, 4) is 0 Å². The average Bonchev–Trinajstić information content (AvgIpc) is 2.40. The van der Waals surface area contributed by atoms with Gasteiger partial charge in [0.2, 0.25) is 0 Å². The maximum absolute atomic E-state index is 12.1. The molecule has 0 aliphatic carbocycles. The molecule has 3 N–H and O–H groups in total. The molecule has 20 heavy (non-hydrogen) atoms. The van der Waals surface area contributed by atoms with E-state index in [1.807, 2.05) is 0 Å². The van der Waals surface area contributed by atoms with Crippen molar-refractivity contribution >= 4 is 23.2 Å². The van der Waals surface area contributed by atoms with Gasteiger partial charge < -0.3 is 11.1 Å². The van der Waals surface area contributed by atoms with Crippen LogP contribution in [0.3, 0.4) is 0 Å². The molecule has 2 aromatic heterocycles. The van der Waals surface area contributed by atoms with Crippen LogP contribution in [0.2, 0.25) is 0 Å². The van der Waals surface area contributed by atoms with Crippen LogP contribution >= 0.6 is 0 Å². The fourth-order valence-electron chi connectivity index (χ4n) is 1.58. The third-order valence-corrected chi connectivity index (χ3v) is 2.59. The van der Waals surface area contributed by atoms with E-state index in [4.69, 9.17) is 5.73 Å². The molecular formula is C12H11N5O3. The molecule has 0 fully saturated rings. The lowest BCUT2D eigenvalue weighted by atomic mass is 10.2. The monoisotopic (exact) mass is 273 g/mol. The fraction of sp³-hybridized carbons (Fsp3) is 0.0833. The van der Waals surface area contributed by atoms with E-state index in [1.54, 1.807) is 19.1 Å². The van der Waals surface area contributed by atoms with E-state index in [-0.39, 0.29) is 11.4 Å². The molecule has 0 bridgehead atoms. The molecule has 0 unspecified atom stereocenters. The summed E-state index contributed by atoms with van der Waals surface area (Å²) in [5.74, 6) is -0.298. The van der Waals surface area contributed by atoms with Gasteiger partial charge in [-0.2, -0.15) is 0 Å². The van der Waals surface area contributed by atoms with Gasteiger partial charge in [0.15, 0.2) is 0 Å². The van der Waals surface area contributed by atoms with Gasteiger partial charge in [-0.15, -0.1) is 0 Å². The number of carbonyl (C=O) groups excluding carboxylic acids is 1. The molecule has 0 saturated heterocycles. The van der Waals surface area contributed by atoms with Crippen LogP contribution in [0.4, 0.5) is 17.3 Å². The van der Waals surface area contributed by atoms with Gasteiger partial charge in [0, 0.05) is 6.20 Å². The summed E-state index contributed by atoms with van der Waals surface area (Å²) in [5.41, 5.74) is 5.63. The first-order valence-corrected chi connectivity index (χ1v) is 5.62. The average molecular weight is 273 g/mol. The molecule has 0 aliphatic rings. The maximum Gasteiger partial charge on any atom is 0.300 e. The normalized spacial score (nSPS) is 10.1. The Morgan fingerprint density at radius 1 is 1.45 bits per heavy atom. The van der Waals surface area contributed by atoms with Crippen molar-refractivity contribution in [1.29, 1.82) is 0 Å². The Morgan fingerprint density at radius 3 is 2.85 bits per heavy atom. The molecule has 0 saturated carbocycles. The molecular weight excluding hydrogens is 262 g/mol. The van der Waals surface area contributed by atoms with Gasteiger partial charge in [0.1, 0.15) is 23.4 Å². The third kappa shape index (κ3) is 2.69. The topological polar surface area (TPSA) is 124 Å². The molecule has 0 spiro atoms. The van der Waals surface area contributed by atoms with Crippen molar-refractivity contribution in [3.05, 3.63) is 51.8 Å². The van der Waals surface area contributed by atoms with Crippen LogP contribution in [0.25, 0.3) is 0 Å². The number of anilines is 2. The number of hydrogen-bond donors (Lipinski definition) is 2. The van der Waals surface area contributed by atoms with Crippen LogP contribution in [-0.2, 0) is 0 Å². The van der Waals surface area contributed by atoms with Crippen LogP contribution < -0.4 is 11.1 Å². The van der Waals surface area contributed by atoms with Crippen molar-refractivity contribution in [2.24, 2.45) is 0 Å². The van der Waals surface area contributed by atoms with Gasteiger partial charge in [-0.25, -0.2) is 9.97 Å². The second-order valence-electron chi connectivity index (χ2n) is 4.01. The summed E-state index contributed by atoms with van der Waals surface area (Å²) in [7, 11) is 0. The van der Waals surface area contributed by atoms with Crippen molar-refractivity contribution in [2.75, 3.05) is 11.1 Å². The molecule has 2 rings (SSSR count). The second-order valence-corrected chi connectivity index (χ2v) is 4.01. The third-order valence-electron chi connectivity index (χ3n) is 2.59. The molecule has 102 valence electrons. The van der Waals surface area contributed by atoms with Crippen LogP contribution in [-0.4, -0.2) is 20.8 Å². The Morgan fingerprint density at radius 2 is 2.20 bits per heavy atom. The molecule has 0 aliphatic heterocycles. The maximum atomic E-state index is 12.1. The second kappa shape index (κ2) is 5.31. The molecule has 0 atom stereocenters. The van der Waals surface area contributed by atoms with Gasteiger partial charge >= 0.3 is 0 Å². The Balaban J connectivity index is 2.37. The van der Waals surface area contributed by atoms with Gasteiger partial charge in [0.05, 0.1) is 4.92 Å². The lowest BCUT2D eigenvalue weighted by Gasteiger charge is -2.07. The summed E-state index contributed by atoms with van der Waals surface area (Å²) in [4.78, 5) is 29.9. The minimum atomic E-state index is -0.688. The van der Waals surface area contributed by atoms with Crippen LogP contribution in [0.5, 0.6) is 0 Å². The molecule has 2 aromatic rings. The number of hydrogen-bond acceptors (Lipinski definition) is 6. The summed E-state index contributed by atoms with van der Waals surface area (Å²) in [5, 5.41) is 13.4. The van der Waals surface area contributed by atoms with Crippen LogP contribution in [0.1, 0.15) is 15.9 Å². The number of nitrogen functional groups attached to an aromatic ring is 1. The molecule has 8 heteroatoms.